The number of nitrogens with two attached hydrogens (primary N) is 1. The number of amides is 1. The summed E-state index contributed by atoms with van der Waals surface area (Å²) in [6.45, 7) is 6.70. The van der Waals surface area contributed by atoms with E-state index in [2.05, 4.69) is 26.5 Å². The summed E-state index contributed by atoms with van der Waals surface area (Å²) in [7, 11) is 3.14. The largest absolute Gasteiger partial charge is 0.496 e. The lowest BCUT2D eigenvalue weighted by molar-refractivity contribution is -0.127. The van der Waals surface area contributed by atoms with Gasteiger partial charge in [-0.1, -0.05) is 0 Å². The zero-order chi connectivity index (χ0) is 26.3. The van der Waals surface area contributed by atoms with Crippen molar-refractivity contribution in [3.8, 4) is 11.8 Å². The predicted octanol–water partition coefficient (Wildman–Crippen LogP) is 2.68. The number of methoxy groups -OCH3 is 1. The number of fused-ring (bicyclic) bond motifs is 1. The Hall–Kier alpha value is -3.85. The third-order valence-electron chi connectivity index (χ3n) is 7.00. The number of aromatic nitrogens is 4. The van der Waals surface area contributed by atoms with Crippen LogP contribution in [-0.2, 0) is 4.79 Å². The Bertz CT molecular complexity index is 1360. The molecule has 2 aromatic heterocycles. The van der Waals surface area contributed by atoms with Gasteiger partial charge in [-0.3, -0.25) is 9.69 Å². The third kappa shape index (κ3) is 3.99. The maximum atomic E-state index is 13.8. The van der Waals surface area contributed by atoms with E-state index < -0.39 is 18.2 Å². The third-order valence-corrected chi connectivity index (χ3v) is 7.00. The summed E-state index contributed by atoms with van der Waals surface area (Å²) < 4.78 is 34.8. The highest BCUT2D eigenvalue weighted by atomic mass is 19.3. The molecule has 1 fully saturated rings. The minimum atomic E-state index is -2.87. The summed E-state index contributed by atoms with van der Waals surface area (Å²) in [6.07, 6.45) is -1.67. The molecule has 1 aliphatic heterocycles. The number of nitrogen functional groups attached to an aromatic ring is 1. The first-order valence-electron chi connectivity index (χ1n) is 11.5. The van der Waals surface area contributed by atoms with Crippen molar-refractivity contribution in [2.45, 2.75) is 45.2 Å². The van der Waals surface area contributed by atoms with Gasteiger partial charge < -0.3 is 15.8 Å². The van der Waals surface area contributed by atoms with Crippen molar-refractivity contribution < 1.29 is 18.3 Å². The fourth-order valence-corrected chi connectivity index (χ4v) is 4.91. The average Bonchev–Trinajstić information content (AvgIpc) is 3.24. The number of nitriles is 1. The normalized spacial score (nSPS) is 16.0. The minimum absolute atomic E-state index is 0.00369. The molecule has 3 aromatic rings. The van der Waals surface area contributed by atoms with Gasteiger partial charge in [-0.25, -0.2) is 23.4 Å². The monoisotopic (exact) mass is 498 g/mol. The van der Waals surface area contributed by atoms with Gasteiger partial charge in [-0.2, -0.15) is 10.4 Å². The summed E-state index contributed by atoms with van der Waals surface area (Å²) in [5.74, 6) is 0.428. The Morgan fingerprint density at radius 1 is 1.33 bits per heavy atom. The Balaban J connectivity index is 1.82. The molecule has 12 heteroatoms. The number of carbonyl (C=O) groups is 1. The number of hydrogen-bond acceptors (Lipinski definition) is 8. The Morgan fingerprint density at radius 2 is 2.03 bits per heavy atom. The molecule has 10 nitrogen and oxygen atoms in total. The molecule has 2 atom stereocenters. The molecule has 3 heterocycles. The fraction of sp³-hybridized carbons (Fsp3) is 0.458. The highest BCUT2D eigenvalue weighted by Crippen LogP contribution is 2.43. The van der Waals surface area contributed by atoms with Crippen molar-refractivity contribution in [3.63, 3.8) is 0 Å². The summed E-state index contributed by atoms with van der Waals surface area (Å²) in [5, 5.41) is 16.7. The first-order chi connectivity index (χ1) is 17.1. The molecule has 1 saturated heterocycles. The molecular formula is C24H28F2N8O2. The SMILES string of the molecule is CNC(=O)C(C)N1CC(c2c(C)c(C#N)cc(C(C)n3nc(C(F)F)c4c(N)ncnc43)c2OC)C1. The van der Waals surface area contributed by atoms with E-state index in [1.54, 1.807) is 20.0 Å². The molecule has 2 unspecified atom stereocenters. The van der Waals surface area contributed by atoms with Crippen molar-refractivity contribution in [2.75, 3.05) is 33.0 Å². The predicted molar refractivity (Wildman–Crippen MR) is 129 cm³/mol. The second kappa shape index (κ2) is 9.66. The van der Waals surface area contributed by atoms with Crippen molar-refractivity contribution >= 4 is 22.8 Å². The zero-order valence-corrected chi connectivity index (χ0v) is 20.7. The van der Waals surface area contributed by atoms with Crippen LogP contribution < -0.4 is 15.8 Å². The number of ether oxygens (including phenoxy) is 1. The number of nitrogens with one attached hydrogen (secondary N) is 1. The molecule has 190 valence electrons. The van der Waals surface area contributed by atoms with Gasteiger partial charge in [0.25, 0.3) is 6.43 Å². The van der Waals surface area contributed by atoms with Crippen LogP contribution in [0, 0.1) is 18.3 Å². The van der Waals surface area contributed by atoms with Crippen molar-refractivity contribution in [2.24, 2.45) is 0 Å². The second-order valence-electron chi connectivity index (χ2n) is 8.90. The van der Waals surface area contributed by atoms with E-state index in [0.717, 1.165) is 11.1 Å². The molecule has 0 aliphatic carbocycles. The van der Waals surface area contributed by atoms with Crippen molar-refractivity contribution in [1.82, 2.24) is 30.0 Å². The van der Waals surface area contributed by atoms with Gasteiger partial charge in [0.15, 0.2) is 5.65 Å². The number of benzene rings is 1. The number of alkyl halides is 2. The highest BCUT2D eigenvalue weighted by molar-refractivity contribution is 5.88. The smallest absolute Gasteiger partial charge is 0.282 e. The Labute approximate surface area is 207 Å². The van der Waals surface area contributed by atoms with Crippen molar-refractivity contribution in [3.05, 3.63) is 40.3 Å². The molecule has 1 aromatic carbocycles. The van der Waals surface area contributed by atoms with Gasteiger partial charge in [-0.05, 0) is 32.4 Å². The number of halogens is 2. The van der Waals surface area contributed by atoms with Crippen LogP contribution in [0.4, 0.5) is 14.6 Å². The maximum Gasteiger partial charge on any atom is 0.282 e. The Kier molecular flexibility index (Phi) is 6.77. The summed E-state index contributed by atoms with van der Waals surface area (Å²) in [6, 6.07) is 3.04. The summed E-state index contributed by atoms with van der Waals surface area (Å²) in [5.41, 5.74) is 8.26. The summed E-state index contributed by atoms with van der Waals surface area (Å²) in [4.78, 5) is 22.1. The topological polar surface area (TPSA) is 135 Å². The number of nitrogens with zero attached hydrogens (tertiary/aromatic N) is 6. The number of hydrogen-bond donors (Lipinski definition) is 2. The van der Waals surface area contributed by atoms with Crippen LogP contribution in [0.1, 0.15) is 60.2 Å². The molecule has 1 amide bonds. The number of anilines is 1. The number of carbonyl (C=O) groups excluding carboxylic acids is 1. The van der Waals surface area contributed by atoms with Gasteiger partial charge in [0.05, 0.1) is 36.2 Å². The maximum absolute atomic E-state index is 13.8. The first kappa shape index (κ1) is 25.2. The first-order valence-corrected chi connectivity index (χ1v) is 11.5. The van der Waals surface area contributed by atoms with E-state index in [4.69, 9.17) is 10.5 Å². The number of rotatable bonds is 7. The van der Waals surface area contributed by atoms with Gasteiger partial charge in [0.1, 0.15) is 23.6 Å². The minimum Gasteiger partial charge on any atom is -0.496 e. The lowest BCUT2D eigenvalue weighted by atomic mass is 9.82. The van der Waals surface area contributed by atoms with Gasteiger partial charge in [-0.15, -0.1) is 0 Å². The van der Waals surface area contributed by atoms with E-state index in [1.807, 2.05) is 18.7 Å². The lowest BCUT2D eigenvalue weighted by Crippen LogP contribution is -2.54. The number of likely N-dealkylation sites (tertiary alicyclic amines) is 1. The highest BCUT2D eigenvalue weighted by Gasteiger charge is 2.38. The van der Waals surface area contributed by atoms with Crippen LogP contribution in [0.15, 0.2) is 12.4 Å². The van der Waals surface area contributed by atoms with Gasteiger partial charge in [0.2, 0.25) is 5.91 Å². The molecule has 3 N–H and O–H groups in total. The summed E-state index contributed by atoms with van der Waals surface area (Å²) >= 11 is 0. The van der Waals surface area contributed by atoms with Crippen LogP contribution in [-0.4, -0.2) is 63.8 Å². The molecular weight excluding hydrogens is 470 g/mol. The zero-order valence-electron chi connectivity index (χ0n) is 20.7. The number of likely N-dealkylation sites (N-methyl/N-ethyl adjacent to an activating group) is 1. The molecule has 0 saturated carbocycles. The van der Waals surface area contributed by atoms with Crippen LogP contribution in [0.2, 0.25) is 0 Å². The molecule has 0 bridgehead atoms. The van der Waals surface area contributed by atoms with Crippen LogP contribution >= 0.6 is 0 Å². The van der Waals surface area contributed by atoms with E-state index in [0.29, 0.717) is 30.0 Å². The quantitative estimate of drug-likeness (QED) is 0.508. The molecule has 36 heavy (non-hydrogen) atoms. The van der Waals surface area contributed by atoms with Crippen LogP contribution in [0.3, 0.4) is 0 Å². The van der Waals surface area contributed by atoms with E-state index in [1.165, 1.54) is 18.1 Å². The van der Waals surface area contributed by atoms with E-state index in [-0.39, 0.29) is 34.7 Å². The molecule has 0 spiro atoms. The molecule has 0 radical (unpaired) electrons. The van der Waals surface area contributed by atoms with E-state index in [9.17, 15) is 18.8 Å². The van der Waals surface area contributed by atoms with E-state index >= 15 is 0 Å². The fourth-order valence-electron chi connectivity index (χ4n) is 4.91. The molecule has 1 aliphatic rings. The van der Waals surface area contributed by atoms with Gasteiger partial charge in [0, 0.05) is 37.2 Å². The average molecular weight is 499 g/mol. The van der Waals surface area contributed by atoms with Crippen LogP contribution in [0.5, 0.6) is 5.75 Å². The van der Waals surface area contributed by atoms with Gasteiger partial charge >= 0.3 is 0 Å². The van der Waals surface area contributed by atoms with Crippen molar-refractivity contribution in [1.29, 1.82) is 5.26 Å². The Morgan fingerprint density at radius 3 is 2.61 bits per heavy atom. The van der Waals surface area contributed by atoms with Crippen LogP contribution in [0.25, 0.3) is 11.0 Å². The molecule has 4 rings (SSSR count). The standard InChI is InChI=1S/C24H28F2N8O2/c1-11-14(7-27)6-16(20(36-5)17(11)15-8-33(9-15)13(3)24(35)29-4)12(2)34-23-18(19(32-34)21(25)26)22(28)30-10-31-23/h6,10,12-13,15,21H,8-9H2,1-5H3,(H,29,35)(H2,28,30,31). The lowest BCUT2D eigenvalue weighted by Gasteiger charge is -2.43. The second-order valence-corrected chi connectivity index (χ2v) is 8.90.